The fourth-order valence-corrected chi connectivity index (χ4v) is 2.12. The lowest BCUT2D eigenvalue weighted by Crippen LogP contribution is -2.29. The summed E-state index contributed by atoms with van der Waals surface area (Å²) in [5.41, 5.74) is 5.82. The maximum atomic E-state index is 11.4. The highest BCUT2D eigenvalue weighted by atomic mass is 16.5. The number of nitrogens with one attached hydrogen (secondary N) is 1. The third kappa shape index (κ3) is 5.47. The monoisotopic (exact) mass is 228 g/mol. The van der Waals surface area contributed by atoms with Crippen molar-refractivity contribution in [1.29, 1.82) is 0 Å². The lowest BCUT2D eigenvalue weighted by atomic mass is 10.1. The molecule has 0 saturated heterocycles. The second-order valence-electron chi connectivity index (χ2n) is 4.54. The van der Waals surface area contributed by atoms with Gasteiger partial charge >= 0.3 is 0 Å². The van der Waals surface area contributed by atoms with Crippen molar-refractivity contribution < 1.29 is 9.53 Å². The first kappa shape index (κ1) is 13.5. The van der Waals surface area contributed by atoms with Crippen molar-refractivity contribution in [2.24, 2.45) is 11.7 Å². The Morgan fingerprint density at radius 2 is 2.31 bits per heavy atom. The van der Waals surface area contributed by atoms with Crippen molar-refractivity contribution in [3.63, 3.8) is 0 Å². The standard InChI is InChI=1S/C12H24N2O2/c1-2-16-7-3-4-12(15)14-9-10-5-6-11(13)8-10/h10-11H,2-9,13H2,1H3,(H,14,15). The molecule has 3 N–H and O–H groups in total. The maximum absolute atomic E-state index is 11.4. The molecule has 1 aliphatic rings. The number of carbonyl (C=O) groups is 1. The van der Waals surface area contributed by atoms with Gasteiger partial charge in [0.1, 0.15) is 0 Å². The van der Waals surface area contributed by atoms with Gasteiger partial charge in [0.05, 0.1) is 0 Å². The summed E-state index contributed by atoms with van der Waals surface area (Å²) in [6.07, 6.45) is 4.69. The number of rotatable bonds is 7. The Morgan fingerprint density at radius 3 is 2.94 bits per heavy atom. The van der Waals surface area contributed by atoms with Crippen LogP contribution < -0.4 is 11.1 Å². The molecule has 0 bridgehead atoms. The van der Waals surface area contributed by atoms with E-state index in [1.807, 2.05) is 6.92 Å². The van der Waals surface area contributed by atoms with E-state index in [9.17, 15) is 4.79 Å². The first-order chi connectivity index (χ1) is 7.72. The van der Waals surface area contributed by atoms with E-state index in [1.165, 1.54) is 0 Å². The van der Waals surface area contributed by atoms with Crippen LogP contribution in [0, 0.1) is 5.92 Å². The van der Waals surface area contributed by atoms with Crippen molar-refractivity contribution >= 4 is 5.91 Å². The van der Waals surface area contributed by atoms with Crippen LogP contribution in [-0.4, -0.2) is 31.7 Å². The van der Waals surface area contributed by atoms with Gasteiger partial charge in [-0.3, -0.25) is 4.79 Å². The molecule has 1 aliphatic carbocycles. The molecule has 0 heterocycles. The van der Waals surface area contributed by atoms with Gasteiger partial charge in [0.2, 0.25) is 5.91 Å². The van der Waals surface area contributed by atoms with Crippen molar-refractivity contribution in [2.75, 3.05) is 19.8 Å². The summed E-state index contributed by atoms with van der Waals surface area (Å²) >= 11 is 0. The minimum atomic E-state index is 0.139. The van der Waals surface area contributed by atoms with Crippen molar-refractivity contribution in [2.45, 2.75) is 45.1 Å². The van der Waals surface area contributed by atoms with Gasteiger partial charge in [0.15, 0.2) is 0 Å². The molecule has 0 aliphatic heterocycles. The van der Waals surface area contributed by atoms with Crippen LogP contribution in [0.1, 0.15) is 39.0 Å². The van der Waals surface area contributed by atoms with Gasteiger partial charge in [-0.1, -0.05) is 0 Å². The fraction of sp³-hybridized carbons (Fsp3) is 0.917. The highest BCUT2D eigenvalue weighted by Crippen LogP contribution is 2.23. The van der Waals surface area contributed by atoms with Crippen LogP contribution in [0.3, 0.4) is 0 Å². The van der Waals surface area contributed by atoms with Crippen LogP contribution in [-0.2, 0) is 9.53 Å². The number of carbonyl (C=O) groups excluding carboxylic acids is 1. The number of hydrogen-bond donors (Lipinski definition) is 2. The molecular weight excluding hydrogens is 204 g/mol. The zero-order chi connectivity index (χ0) is 11.8. The van der Waals surface area contributed by atoms with Crippen LogP contribution in [0.4, 0.5) is 0 Å². The summed E-state index contributed by atoms with van der Waals surface area (Å²) in [5, 5.41) is 2.97. The Balaban J connectivity index is 1.97. The zero-order valence-electron chi connectivity index (χ0n) is 10.2. The van der Waals surface area contributed by atoms with Gasteiger partial charge in [0, 0.05) is 32.2 Å². The molecule has 1 fully saturated rings. The van der Waals surface area contributed by atoms with Crippen molar-refractivity contribution in [3.8, 4) is 0 Å². The minimum absolute atomic E-state index is 0.139. The van der Waals surface area contributed by atoms with Gasteiger partial charge < -0.3 is 15.8 Å². The van der Waals surface area contributed by atoms with Gasteiger partial charge in [0.25, 0.3) is 0 Å². The topological polar surface area (TPSA) is 64.3 Å². The Morgan fingerprint density at radius 1 is 1.50 bits per heavy atom. The second-order valence-corrected chi connectivity index (χ2v) is 4.54. The van der Waals surface area contributed by atoms with Crippen molar-refractivity contribution in [3.05, 3.63) is 0 Å². The summed E-state index contributed by atoms with van der Waals surface area (Å²) in [4.78, 5) is 11.4. The van der Waals surface area contributed by atoms with Crippen LogP contribution in [0.15, 0.2) is 0 Å². The third-order valence-corrected chi connectivity index (χ3v) is 3.07. The van der Waals surface area contributed by atoms with E-state index in [2.05, 4.69) is 5.32 Å². The lowest BCUT2D eigenvalue weighted by Gasteiger charge is -2.10. The first-order valence-electron chi connectivity index (χ1n) is 6.32. The zero-order valence-corrected chi connectivity index (χ0v) is 10.2. The smallest absolute Gasteiger partial charge is 0.220 e. The molecule has 0 radical (unpaired) electrons. The van der Waals surface area contributed by atoms with E-state index in [1.54, 1.807) is 0 Å². The molecule has 0 spiro atoms. The Labute approximate surface area is 97.9 Å². The quantitative estimate of drug-likeness (QED) is 0.640. The summed E-state index contributed by atoms with van der Waals surface area (Å²) in [6, 6.07) is 0.347. The van der Waals surface area contributed by atoms with Gasteiger partial charge in [-0.25, -0.2) is 0 Å². The molecule has 1 rings (SSSR count). The van der Waals surface area contributed by atoms with E-state index < -0.39 is 0 Å². The lowest BCUT2D eigenvalue weighted by molar-refractivity contribution is -0.121. The largest absolute Gasteiger partial charge is 0.382 e. The van der Waals surface area contributed by atoms with Crippen LogP contribution in [0.2, 0.25) is 0 Å². The number of hydrogen-bond acceptors (Lipinski definition) is 3. The highest BCUT2D eigenvalue weighted by Gasteiger charge is 2.21. The van der Waals surface area contributed by atoms with E-state index in [0.717, 1.165) is 38.8 Å². The summed E-state index contributed by atoms with van der Waals surface area (Å²) < 4.78 is 5.18. The average molecular weight is 228 g/mol. The Kier molecular flexibility index (Phi) is 6.42. The third-order valence-electron chi connectivity index (χ3n) is 3.07. The SMILES string of the molecule is CCOCCCC(=O)NCC1CCC(N)C1. The molecule has 2 unspecified atom stereocenters. The molecule has 4 nitrogen and oxygen atoms in total. The first-order valence-corrected chi connectivity index (χ1v) is 6.32. The summed E-state index contributed by atoms with van der Waals surface area (Å²) in [6.45, 7) is 4.16. The summed E-state index contributed by atoms with van der Waals surface area (Å²) in [5.74, 6) is 0.728. The summed E-state index contributed by atoms with van der Waals surface area (Å²) in [7, 11) is 0. The van der Waals surface area contributed by atoms with Gasteiger partial charge in [-0.05, 0) is 38.5 Å². The molecule has 0 aromatic carbocycles. The molecule has 1 saturated carbocycles. The maximum Gasteiger partial charge on any atom is 0.220 e. The Bertz CT molecular complexity index is 209. The minimum Gasteiger partial charge on any atom is -0.382 e. The predicted molar refractivity (Wildman–Crippen MR) is 64.1 cm³/mol. The van der Waals surface area contributed by atoms with E-state index >= 15 is 0 Å². The predicted octanol–water partition coefficient (Wildman–Crippen LogP) is 1.05. The normalized spacial score (nSPS) is 24.6. The van der Waals surface area contributed by atoms with Gasteiger partial charge in [-0.15, -0.1) is 0 Å². The molecular formula is C12H24N2O2. The molecule has 1 amide bonds. The molecule has 2 atom stereocenters. The number of amides is 1. The van der Waals surface area contributed by atoms with Crippen molar-refractivity contribution in [1.82, 2.24) is 5.32 Å². The fourth-order valence-electron chi connectivity index (χ4n) is 2.12. The molecule has 0 aromatic rings. The van der Waals surface area contributed by atoms with E-state index in [-0.39, 0.29) is 5.91 Å². The van der Waals surface area contributed by atoms with E-state index in [4.69, 9.17) is 10.5 Å². The second kappa shape index (κ2) is 7.63. The van der Waals surface area contributed by atoms with Crippen LogP contribution in [0.25, 0.3) is 0 Å². The molecule has 16 heavy (non-hydrogen) atoms. The average Bonchev–Trinajstić information content (AvgIpc) is 2.68. The van der Waals surface area contributed by atoms with Crippen LogP contribution in [0.5, 0.6) is 0 Å². The highest BCUT2D eigenvalue weighted by molar-refractivity contribution is 5.75. The van der Waals surface area contributed by atoms with Crippen LogP contribution >= 0.6 is 0 Å². The number of ether oxygens (including phenoxy) is 1. The van der Waals surface area contributed by atoms with Gasteiger partial charge in [-0.2, -0.15) is 0 Å². The molecule has 94 valence electrons. The van der Waals surface area contributed by atoms with E-state index in [0.29, 0.717) is 25.0 Å². The Hall–Kier alpha value is -0.610. The number of nitrogens with two attached hydrogens (primary N) is 1. The molecule has 0 aromatic heterocycles. The molecule has 4 heteroatoms.